The maximum Gasteiger partial charge on any atom is 0.168 e. The fourth-order valence-electron chi connectivity index (χ4n) is 3.25. The molecule has 2 saturated heterocycles. The Bertz CT molecular complexity index is 332. The van der Waals surface area contributed by atoms with Gasteiger partial charge in [0.25, 0.3) is 0 Å². The number of allylic oxidation sites excluding steroid dienone is 1. The number of fused-ring (bicyclic) bond motifs is 5. The van der Waals surface area contributed by atoms with E-state index in [4.69, 9.17) is 9.47 Å². The van der Waals surface area contributed by atoms with Gasteiger partial charge in [0.2, 0.25) is 0 Å². The SMILES string of the molecule is CC.COC1=C(C)C(=O)[C@@H]2C3CCC(O3)[C@H]12. The summed E-state index contributed by atoms with van der Waals surface area (Å²) < 4.78 is 11.1. The van der Waals surface area contributed by atoms with Gasteiger partial charge in [-0.15, -0.1) is 0 Å². The molecule has 0 saturated carbocycles. The minimum atomic E-state index is 0.0729. The van der Waals surface area contributed by atoms with E-state index in [2.05, 4.69) is 0 Å². The second-order valence-electron chi connectivity index (χ2n) is 4.40. The Hall–Kier alpha value is -0.830. The Kier molecular flexibility index (Phi) is 3.06. The average Bonchev–Trinajstić information content (AvgIpc) is 2.97. The van der Waals surface area contributed by atoms with E-state index in [1.54, 1.807) is 7.11 Å². The Balaban J connectivity index is 0.000000457. The highest BCUT2D eigenvalue weighted by Crippen LogP contribution is 2.52. The summed E-state index contributed by atoms with van der Waals surface area (Å²) in [6, 6.07) is 0. The van der Waals surface area contributed by atoms with Crippen LogP contribution in [0.4, 0.5) is 0 Å². The Morgan fingerprint density at radius 3 is 2.31 bits per heavy atom. The van der Waals surface area contributed by atoms with E-state index in [0.29, 0.717) is 0 Å². The molecule has 0 N–H and O–H groups in total. The van der Waals surface area contributed by atoms with Crippen molar-refractivity contribution in [3.63, 3.8) is 0 Å². The standard InChI is InChI=1S/C11H14O3.C2H6/c1-5-10(12)8-6-3-4-7(14-6)9(8)11(5)13-2;1-2/h6-9H,3-4H2,1-2H3;1-2H3/t6?,7?,8-,9+;/m1./s1. The van der Waals surface area contributed by atoms with Crippen LogP contribution < -0.4 is 0 Å². The fraction of sp³-hybridized carbons (Fsp3) is 0.769. The minimum Gasteiger partial charge on any atom is -0.500 e. The smallest absolute Gasteiger partial charge is 0.168 e. The lowest BCUT2D eigenvalue weighted by Crippen LogP contribution is -2.29. The number of carbonyl (C=O) groups excluding carboxylic acids is 1. The number of hydrogen-bond donors (Lipinski definition) is 0. The van der Waals surface area contributed by atoms with Gasteiger partial charge in [-0.3, -0.25) is 4.79 Å². The maximum atomic E-state index is 11.9. The highest BCUT2D eigenvalue weighted by Gasteiger charge is 2.58. The molecule has 16 heavy (non-hydrogen) atoms. The quantitative estimate of drug-likeness (QED) is 0.685. The monoisotopic (exact) mass is 224 g/mol. The Morgan fingerprint density at radius 2 is 1.75 bits per heavy atom. The number of ketones is 1. The number of methoxy groups -OCH3 is 1. The van der Waals surface area contributed by atoms with E-state index >= 15 is 0 Å². The first kappa shape index (κ1) is 11.6. The topological polar surface area (TPSA) is 35.5 Å². The summed E-state index contributed by atoms with van der Waals surface area (Å²) in [5, 5.41) is 0. The lowest BCUT2D eigenvalue weighted by Gasteiger charge is -2.21. The van der Waals surface area contributed by atoms with Crippen LogP contribution in [0.3, 0.4) is 0 Å². The van der Waals surface area contributed by atoms with Crippen molar-refractivity contribution in [3.05, 3.63) is 11.3 Å². The first-order valence-electron chi connectivity index (χ1n) is 6.18. The third-order valence-electron chi connectivity index (χ3n) is 3.84. The summed E-state index contributed by atoms with van der Waals surface area (Å²) in [7, 11) is 1.65. The predicted molar refractivity (Wildman–Crippen MR) is 60.9 cm³/mol. The van der Waals surface area contributed by atoms with Gasteiger partial charge < -0.3 is 9.47 Å². The first-order valence-corrected chi connectivity index (χ1v) is 6.18. The van der Waals surface area contributed by atoms with Gasteiger partial charge in [0, 0.05) is 5.57 Å². The third kappa shape index (κ3) is 1.34. The van der Waals surface area contributed by atoms with Crippen molar-refractivity contribution in [1.29, 1.82) is 0 Å². The predicted octanol–water partition coefficient (Wildman–Crippen LogP) is 2.31. The van der Waals surface area contributed by atoms with Crippen LogP contribution >= 0.6 is 0 Å². The van der Waals surface area contributed by atoms with Crippen LogP contribution in [0.25, 0.3) is 0 Å². The van der Waals surface area contributed by atoms with E-state index < -0.39 is 0 Å². The molecule has 0 aromatic heterocycles. The van der Waals surface area contributed by atoms with Gasteiger partial charge in [-0.2, -0.15) is 0 Å². The van der Waals surface area contributed by atoms with Crippen LogP contribution in [0.2, 0.25) is 0 Å². The molecule has 90 valence electrons. The molecule has 0 aromatic carbocycles. The second-order valence-corrected chi connectivity index (χ2v) is 4.40. The number of ether oxygens (including phenoxy) is 2. The molecule has 3 nitrogen and oxygen atoms in total. The van der Waals surface area contributed by atoms with Crippen molar-refractivity contribution < 1.29 is 14.3 Å². The number of hydrogen-bond acceptors (Lipinski definition) is 3. The van der Waals surface area contributed by atoms with E-state index in [1.165, 1.54) is 0 Å². The van der Waals surface area contributed by atoms with Gasteiger partial charge in [-0.1, -0.05) is 13.8 Å². The van der Waals surface area contributed by atoms with Gasteiger partial charge in [-0.05, 0) is 19.8 Å². The van der Waals surface area contributed by atoms with Crippen molar-refractivity contribution in [2.45, 2.75) is 45.8 Å². The summed E-state index contributed by atoms with van der Waals surface area (Å²) in [4.78, 5) is 11.9. The highest BCUT2D eigenvalue weighted by molar-refractivity contribution is 6.01. The van der Waals surface area contributed by atoms with Crippen LogP contribution in [-0.2, 0) is 14.3 Å². The average molecular weight is 224 g/mol. The molecule has 2 heterocycles. The normalized spacial score (nSPS) is 39.6. The molecule has 2 fully saturated rings. The summed E-state index contributed by atoms with van der Waals surface area (Å²) in [5.74, 6) is 1.43. The van der Waals surface area contributed by atoms with Crippen molar-refractivity contribution in [2.75, 3.05) is 7.11 Å². The van der Waals surface area contributed by atoms with E-state index in [1.807, 2.05) is 20.8 Å². The van der Waals surface area contributed by atoms with E-state index in [9.17, 15) is 4.79 Å². The number of Topliss-reactive ketones (excluding diaryl/α,β-unsaturated/α-hetero) is 1. The molecule has 0 amide bonds. The Morgan fingerprint density at radius 1 is 1.19 bits per heavy atom. The fourth-order valence-corrected chi connectivity index (χ4v) is 3.25. The molecule has 3 heteroatoms. The minimum absolute atomic E-state index is 0.0729. The molecule has 4 atom stereocenters. The molecule has 2 unspecified atom stereocenters. The summed E-state index contributed by atoms with van der Waals surface area (Å²) in [6.45, 7) is 5.87. The highest BCUT2D eigenvalue weighted by atomic mass is 16.5. The van der Waals surface area contributed by atoms with Crippen LogP contribution in [0.1, 0.15) is 33.6 Å². The van der Waals surface area contributed by atoms with Crippen molar-refractivity contribution in [1.82, 2.24) is 0 Å². The molecule has 3 aliphatic rings. The largest absolute Gasteiger partial charge is 0.500 e. The second kappa shape index (κ2) is 4.21. The first-order chi connectivity index (χ1) is 7.74. The van der Waals surface area contributed by atoms with E-state index in [-0.39, 0.29) is 29.8 Å². The van der Waals surface area contributed by atoms with Gasteiger partial charge in [0.15, 0.2) is 5.78 Å². The van der Waals surface area contributed by atoms with Crippen molar-refractivity contribution >= 4 is 5.78 Å². The summed E-state index contributed by atoms with van der Waals surface area (Å²) >= 11 is 0. The summed E-state index contributed by atoms with van der Waals surface area (Å²) in [5.41, 5.74) is 0.822. The molecule has 0 radical (unpaired) electrons. The van der Waals surface area contributed by atoms with Gasteiger partial charge in [-0.25, -0.2) is 0 Å². The van der Waals surface area contributed by atoms with E-state index in [0.717, 1.165) is 24.2 Å². The number of carbonyl (C=O) groups is 1. The van der Waals surface area contributed by atoms with Crippen LogP contribution in [0.5, 0.6) is 0 Å². The number of rotatable bonds is 1. The zero-order chi connectivity index (χ0) is 11.9. The molecule has 1 aliphatic carbocycles. The summed E-state index contributed by atoms with van der Waals surface area (Å²) in [6.07, 6.45) is 2.53. The lowest BCUT2D eigenvalue weighted by molar-refractivity contribution is -0.120. The zero-order valence-corrected chi connectivity index (χ0v) is 10.4. The third-order valence-corrected chi connectivity index (χ3v) is 3.84. The van der Waals surface area contributed by atoms with Crippen LogP contribution in [0, 0.1) is 11.8 Å². The molecular weight excluding hydrogens is 204 g/mol. The molecule has 0 spiro atoms. The molecule has 3 rings (SSSR count). The molecular formula is C13H20O3. The van der Waals surface area contributed by atoms with Crippen LogP contribution in [0.15, 0.2) is 11.3 Å². The maximum absolute atomic E-state index is 11.9. The zero-order valence-electron chi connectivity index (χ0n) is 10.4. The van der Waals surface area contributed by atoms with Crippen LogP contribution in [-0.4, -0.2) is 25.1 Å². The van der Waals surface area contributed by atoms with Crippen molar-refractivity contribution in [2.24, 2.45) is 11.8 Å². The van der Waals surface area contributed by atoms with Crippen molar-refractivity contribution in [3.8, 4) is 0 Å². The van der Waals surface area contributed by atoms with Gasteiger partial charge in [0.1, 0.15) is 5.76 Å². The Labute approximate surface area is 96.8 Å². The van der Waals surface area contributed by atoms with Gasteiger partial charge in [0.05, 0.1) is 31.2 Å². The molecule has 2 aliphatic heterocycles. The molecule has 2 bridgehead atoms. The van der Waals surface area contributed by atoms with Gasteiger partial charge >= 0.3 is 0 Å². The molecule has 0 aromatic rings. The lowest BCUT2D eigenvalue weighted by atomic mass is 9.80.